The van der Waals surface area contributed by atoms with Crippen molar-refractivity contribution < 1.29 is 9.90 Å². The van der Waals surface area contributed by atoms with Crippen LogP contribution in [-0.2, 0) is 13.1 Å². The molecule has 7 heteroatoms. The second-order valence-electron chi connectivity index (χ2n) is 4.27. The molecule has 19 heavy (non-hydrogen) atoms. The van der Waals surface area contributed by atoms with E-state index in [0.29, 0.717) is 30.3 Å². The van der Waals surface area contributed by atoms with E-state index in [9.17, 15) is 14.7 Å². The Labute approximate surface area is 108 Å². The standard InChI is InChI=1S/C12H12N4O3/c1-13-12(19)7-6-14-11-9-10(18)8(17)2-3-15(9)4-5-16(7)11/h2-3,6,18H,4-5H2,1H3,(H,13,19). The average Bonchev–Trinajstić information content (AvgIpc) is 2.85. The van der Waals surface area contributed by atoms with E-state index in [4.69, 9.17) is 0 Å². The van der Waals surface area contributed by atoms with Gasteiger partial charge in [-0.05, 0) is 0 Å². The van der Waals surface area contributed by atoms with Crippen molar-refractivity contribution in [1.82, 2.24) is 19.4 Å². The number of nitrogens with zero attached hydrogens (tertiary/aromatic N) is 3. The van der Waals surface area contributed by atoms with E-state index in [2.05, 4.69) is 10.3 Å². The summed E-state index contributed by atoms with van der Waals surface area (Å²) in [6.07, 6.45) is 3.07. The number of hydrogen-bond acceptors (Lipinski definition) is 4. The second-order valence-corrected chi connectivity index (χ2v) is 4.27. The highest BCUT2D eigenvalue weighted by Crippen LogP contribution is 2.29. The van der Waals surface area contributed by atoms with Gasteiger partial charge in [-0.3, -0.25) is 9.59 Å². The minimum Gasteiger partial charge on any atom is -0.503 e. The third-order valence-corrected chi connectivity index (χ3v) is 3.24. The van der Waals surface area contributed by atoms with E-state index < -0.39 is 5.43 Å². The first-order valence-electron chi connectivity index (χ1n) is 5.84. The summed E-state index contributed by atoms with van der Waals surface area (Å²) in [7, 11) is 1.54. The van der Waals surface area contributed by atoms with Gasteiger partial charge in [0.1, 0.15) is 11.4 Å². The quantitative estimate of drug-likeness (QED) is 0.742. The normalized spacial score (nSPS) is 12.7. The van der Waals surface area contributed by atoms with Crippen LogP contribution in [-0.4, -0.2) is 32.2 Å². The third-order valence-electron chi connectivity index (χ3n) is 3.24. The van der Waals surface area contributed by atoms with Crippen molar-refractivity contribution in [2.45, 2.75) is 13.1 Å². The van der Waals surface area contributed by atoms with Gasteiger partial charge in [-0.2, -0.15) is 0 Å². The Hall–Kier alpha value is -2.57. The summed E-state index contributed by atoms with van der Waals surface area (Å²) in [6.45, 7) is 1.13. The number of pyridine rings is 1. The molecule has 0 aromatic carbocycles. The summed E-state index contributed by atoms with van der Waals surface area (Å²) in [5, 5.41) is 12.4. The van der Waals surface area contributed by atoms with Crippen LogP contribution in [0.5, 0.6) is 5.75 Å². The van der Waals surface area contributed by atoms with E-state index in [1.165, 1.54) is 12.3 Å². The molecule has 1 aliphatic rings. The zero-order valence-corrected chi connectivity index (χ0v) is 10.3. The molecule has 1 aliphatic heterocycles. The van der Waals surface area contributed by atoms with Gasteiger partial charge in [0, 0.05) is 32.4 Å². The zero-order valence-electron chi connectivity index (χ0n) is 10.3. The number of aryl methyl sites for hydroxylation is 1. The molecule has 3 heterocycles. The van der Waals surface area contributed by atoms with E-state index in [1.807, 2.05) is 0 Å². The molecule has 0 atom stereocenters. The highest BCUT2D eigenvalue weighted by Gasteiger charge is 2.25. The summed E-state index contributed by atoms with van der Waals surface area (Å²) >= 11 is 0. The lowest BCUT2D eigenvalue weighted by molar-refractivity contribution is 0.0953. The Morgan fingerprint density at radius 2 is 2.26 bits per heavy atom. The fourth-order valence-electron chi connectivity index (χ4n) is 2.29. The van der Waals surface area contributed by atoms with Crippen molar-refractivity contribution in [2.24, 2.45) is 0 Å². The number of imidazole rings is 1. The van der Waals surface area contributed by atoms with Gasteiger partial charge >= 0.3 is 0 Å². The molecular formula is C12H12N4O3. The lowest BCUT2D eigenvalue weighted by Gasteiger charge is -2.22. The Bertz CT molecular complexity index is 729. The predicted octanol–water partition coefficient (Wildman–Crippen LogP) is -0.209. The lowest BCUT2D eigenvalue weighted by Crippen LogP contribution is -2.26. The third kappa shape index (κ3) is 1.55. The van der Waals surface area contributed by atoms with Crippen LogP contribution in [0.25, 0.3) is 11.5 Å². The largest absolute Gasteiger partial charge is 0.503 e. The fourth-order valence-corrected chi connectivity index (χ4v) is 2.29. The molecule has 2 aromatic heterocycles. The molecular weight excluding hydrogens is 248 g/mol. The fraction of sp³-hybridized carbons (Fsp3) is 0.250. The van der Waals surface area contributed by atoms with Crippen LogP contribution in [0.1, 0.15) is 10.5 Å². The van der Waals surface area contributed by atoms with Gasteiger partial charge in [-0.1, -0.05) is 0 Å². The van der Waals surface area contributed by atoms with Crippen molar-refractivity contribution in [1.29, 1.82) is 0 Å². The van der Waals surface area contributed by atoms with Crippen molar-refractivity contribution in [3.63, 3.8) is 0 Å². The zero-order chi connectivity index (χ0) is 13.6. The van der Waals surface area contributed by atoms with Gasteiger partial charge in [-0.15, -0.1) is 0 Å². The smallest absolute Gasteiger partial charge is 0.269 e. The molecule has 0 saturated heterocycles. The second kappa shape index (κ2) is 3.98. The summed E-state index contributed by atoms with van der Waals surface area (Å²) < 4.78 is 3.46. The van der Waals surface area contributed by atoms with Gasteiger partial charge in [0.05, 0.1) is 6.20 Å². The molecule has 0 bridgehead atoms. The molecule has 0 unspecified atom stereocenters. The molecule has 3 rings (SSSR count). The Morgan fingerprint density at radius 1 is 1.47 bits per heavy atom. The highest BCUT2D eigenvalue weighted by atomic mass is 16.3. The summed E-state index contributed by atoms with van der Waals surface area (Å²) in [5.74, 6) is -0.150. The molecule has 0 aliphatic carbocycles. The van der Waals surface area contributed by atoms with Crippen LogP contribution >= 0.6 is 0 Å². The van der Waals surface area contributed by atoms with Crippen molar-refractivity contribution in [3.05, 3.63) is 34.4 Å². The van der Waals surface area contributed by atoms with Crippen LogP contribution < -0.4 is 10.7 Å². The number of aromatic hydroxyl groups is 1. The average molecular weight is 260 g/mol. The molecule has 7 nitrogen and oxygen atoms in total. The van der Waals surface area contributed by atoms with E-state index in [1.54, 1.807) is 22.4 Å². The molecule has 0 fully saturated rings. The number of carbonyl (C=O) groups is 1. The van der Waals surface area contributed by atoms with Crippen LogP contribution in [0, 0.1) is 0 Å². The number of nitrogens with one attached hydrogen (secondary N) is 1. The summed E-state index contributed by atoms with van der Waals surface area (Å²) in [6, 6.07) is 1.32. The molecule has 0 spiro atoms. The predicted molar refractivity (Wildman–Crippen MR) is 67.0 cm³/mol. The van der Waals surface area contributed by atoms with Gasteiger partial charge in [0.15, 0.2) is 11.6 Å². The van der Waals surface area contributed by atoms with E-state index in [-0.39, 0.29) is 11.7 Å². The summed E-state index contributed by atoms with van der Waals surface area (Å²) in [4.78, 5) is 27.4. The first-order chi connectivity index (χ1) is 9.13. The Balaban J connectivity index is 2.26. The number of fused-ring (bicyclic) bond motifs is 3. The monoisotopic (exact) mass is 260 g/mol. The molecule has 0 saturated carbocycles. The van der Waals surface area contributed by atoms with Crippen molar-refractivity contribution >= 4 is 5.91 Å². The van der Waals surface area contributed by atoms with Crippen LogP contribution in [0.3, 0.4) is 0 Å². The Morgan fingerprint density at radius 3 is 3.00 bits per heavy atom. The van der Waals surface area contributed by atoms with Crippen LogP contribution in [0.2, 0.25) is 0 Å². The van der Waals surface area contributed by atoms with E-state index >= 15 is 0 Å². The lowest BCUT2D eigenvalue weighted by atomic mass is 10.2. The minimum atomic E-state index is -0.454. The first kappa shape index (κ1) is 11.5. The number of carbonyl (C=O) groups excluding carboxylic acids is 1. The molecule has 1 amide bonds. The van der Waals surface area contributed by atoms with Gasteiger partial charge < -0.3 is 19.6 Å². The Kier molecular flexibility index (Phi) is 2.41. The SMILES string of the molecule is CNC(=O)c1cnc2n1CCn1ccc(=O)c(O)c1-2. The first-order valence-corrected chi connectivity index (χ1v) is 5.84. The number of amides is 1. The molecule has 0 radical (unpaired) electrons. The molecule has 2 N–H and O–H groups in total. The maximum atomic E-state index is 11.7. The molecule has 2 aromatic rings. The van der Waals surface area contributed by atoms with E-state index in [0.717, 1.165) is 0 Å². The number of aromatic nitrogens is 3. The van der Waals surface area contributed by atoms with Crippen LogP contribution in [0.4, 0.5) is 0 Å². The van der Waals surface area contributed by atoms with Gasteiger partial charge in [0.2, 0.25) is 5.43 Å². The number of hydrogen-bond donors (Lipinski definition) is 2. The summed E-state index contributed by atoms with van der Waals surface area (Å²) in [5.41, 5.74) is 0.317. The van der Waals surface area contributed by atoms with Crippen molar-refractivity contribution in [3.8, 4) is 17.3 Å². The van der Waals surface area contributed by atoms with Gasteiger partial charge in [-0.25, -0.2) is 4.98 Å². The maximum Gasteiger partial charge on any atom is 0.269 e. The van der Waals surface area contributed by atoms with Crippen LogP contribution in [0.15, 0.2) is 23.3 Å². The van der Waals surface area contributed by atoms with Crippen molar-refractivity contribution in [2.75, 3.05) is 7.05 Å². The number of rotatable bonds is 1. The minimum absolute atomic E-state index is 0.245. The topological polar surface area (TPSA) is 89.2 Å². The maximum absolute atomic E-state index is 11.7. The highest BCUT2D eigenvalue weighted by molar-refractivity contribution is 5.93. The van der Waals surface area contributed by atoms with Gasteiger partial charge in [0.25, 0.3) is 5.91 Å². The molecule has 98 valence electrons.